The van der Waals surface area contributed by atoms with Crippen molar-refractivity contribution in [2.24, 2.45) is 0 Å². The van der Waals surface area contributed by atoms with Crippen LogP contribution >= 0.6 is 0 Å². The summed E-state index contributed by atoms with van der Waals surface area (Å²) in [6, 6.07) is 11.4. The van der Waals surface area contributed by atoms with Gasteiger partial charge in [-0.2, -0.15) is 0 Å². The van der Waals surface area contributed by atoms with Crippen LogP contribution in [0.4, 0.5) is 11.4 Å². The van der Waals surface area contributed by atoms with Crippen LogP contribution in [-0.4, -0.2) is 5.91 Å². The predicted molar refractivity (Wildman–Crippen MR) is 89.2 cm³/mol. The van der Waals surface area contributed by atoms with Crippen LogP contribution in [0.15, 0.2) is 40.8 Å². The van der Waals surface area contributed by atoms with Crippen LogP contribution in [0.1, 0.15) is 27.2 Å². The molecule has 0 atom stereocenters. The molecule has 0 aliphatic carbocycles. The van der Waals surface area contributed by atoms with Gasteiger partial charge in [-0.05, 0) is 44.0 Å². The van der Waals surface area contributed by atoms with E-state index in [1.165, 1.54) is 0 Å². The zero-order valence-electron chi connectivity index (χ0n) is 12.9. The number of benzene rings is 2. The van der Waals surface area contributed by atoms with E-state index < -0.39 is 0 Å². The van der Waals surface area contributed by atoms with Crippen LogP contribution in [0.2, 0.25) is 0 Å². The number of nitrogen functional groups attached to an aromatic ring is 1. The molecule has 3 rings (SSSR count). The van der Waals surface area contributed by atoms with Gasteiger partial charge in [0.2, 0.25) is 5.76 Å². The summed E-state index contributed by atoms with van der Waals surface area (Å²) in [5.74, 6) is -0.177. The van der Waals surface area contributed by atoms with Gasteiger partial charge < -0.3 is 15.5 Å². The minimum absolute atomic E-state index is 0.153. The number of rotatable bonds is 2. The molecule has 0 bridgehead atoms. The molecule has 0 radical (unpaired) electrons. The standard InChI is InChI=1S/C18H18N2O2/c1-10-8-11(2)16(12(3)9-10)20-18(21)17-15(19)13-6-4-5-7-14(13)22-17/h4-9H,19H2,1-3H3,(H,20,21). The second-order valence-electron chi connectivity index (χ2n) is 5.57. The molecule has 4 heteroatoms. The summed E-state index contributed by atoms with van der Waals surface area (Å²) in [5, 5.41) is 3.67. The van der Waals surface area contributed by atoms with Gasteiger partial charge in [0.05, 0.1) is 5.69 Å². The lowest BCUT2D eigenvalue weighted by Gasteiger charge is -2.12. The summed E-state index contributed by atoms with van der Waals surface area (Å²) in [5.41, 5.74) is 11.0. The Kier molecular flexibility index (Phi) is 3.37. The second kappa shape index (κ2) is 5.22. The minimum Gasteiger partial charge on any atom is -0.449 e. The van der Waals surface area contributed by atoms with Crippen molar-refractivity contribution in [3.63, 3.8) is 0 Å². The SMILES string of the molecule is Cc1cc(C)c(NC(=O)c2oc3ccccc3c2N)c(C)c1. The first-order valence-electron chi connectivity index (χ1n) is 7.13. The Morgan fingerprint density at radius 2 is 1.73 bits per heavy atom. The average molecular weight is 294 g/mol. The van der Waals surface area contributed by atoms with Crippen molar-refractivity contribution in [2.75, 3.05) is 11.1 Å². The van der Waals surface area contributed by atoms with Gasteiger partial charge in [0.1, 0.15) is 5.58 Å². The van der Waals surface area contributed by atoms with E-state index in [0.717, 1.165) is 27.8 Å². The number of aryl methyl sites for hydroxylation is 3. The predicted octanol–water partition coefficient (Wildman–Crippen LogP) is 4.19. The number of anilines is 2. The molecule has 0 saturated carbocycles. The summed E-state index contributed by atoms with van der Waals surface area (Å²) < 4.78 is 5.60. The third-order valence-corrected chi connectivity index (χ3v) is 3.76. The maximum Gasteiger partial charge on any atom is 0.293 e. The zero-order chi connectivity index (χ0) is 15.9. The lowest BCUT2D eigenvalue weighted by atomic mass is 10.0. The number of fused-ring (bicyclic) bond motifs is 1. The van der Waals surface area contributed by atoms with Gasteiger partial charge in [0, 0.05) is 11.1 Å². The van der Waals surface area contributed by atoms with Gasteiger partial charge in [-0.15, -0.1) is 0 Å². The normalized spacial score (nSPS) is 10.9. The number of amides is 1. The summed E-state index contributed by atoms with van der Waals surface area (Å²) >= 11 is 0. The van der Waals surface area contributed by atoms with Crippen molar-refractivity contribution in [3.05, 3.63) is 58.8 Å². The quantitative estimate of drug-likeness (QED) is 0.744. The van der Waals surface area contributed by atoms with Gasteiger partial charge in [-0.25, -0.2) is 0 Å². The van der Waals surface area contributed by atoms with E-state index in [4.69, 9.17) is 10.2 Å². The molecule has 3 aromatic rings. The molecular weight excluding hydrogens is 276 g/mol. The summed E-state index contributed by atoms with van der Waals surface area (Å²) in [7, 11) is 0. The number of nitrogens with one attached hydrogen (secondary N) is 1. The minimum atomic E-state index is -0.330. The number of hydrogen-bond acceptors (Lipinski definition) is 3. The Morgan fingerprint density at radius 3 is 2.36 bits per heavy atom. The number of nitrogens with two attached hydrogens (primary N) is 1. The highest BCUT2D eigenvalue weighted by Crippen LogP contribution is 2.29. The van der Waals surface area contributed by atoms with Crippen LogP contribution in [0.25, 0.3) is 11.0 Å². The Hall–Kier alpha value is -2.75. The van der Waals surface area contributed by atoms with E-state index in [1.54, 1.807) is 6.07 Å². The highest BCUT2D eigenvalue weighted by molar-refractivity contribution is 6.11. The van der Waals surface area contributed by atoms with E-state index in [-0.39, 0.29) is 11.7 Å². The largest absolute Gasteiger partial charge is 0.449 e. The molecule has 1 amide bonds. The number of carbonyl (C=O) groups is 1. The van der Waals surface area contributed by atoms with Gasteiger partial charge in [-0.1, -0.05) is 29.8 Å². The third kappa shape index (κ3) is 2.33. The first-order valence-corrected chi connectivity index (χ1v) is 7.13. The van der Waals surface area contributed by atoms with Gasteiger partial charge in [0.25, 0.3) is 5.91 Å². The lowest BCUT2D eigenvalue weighted by Crippen LogP contribution is -2.14. The van der Waals surface area contributed by atoms with Crippen LogP contribution in [-0.2, 0) is 0 Å². The van der Waals surface area contributed by atoms with Crippen molar-refractivity contribution < 1.29 is 9.21 Å². The highest BCUT2D eigenvalue weighted by atomic mass is 16.3. The molecule has 1 aromatic heterocycles. The van der Waals surface area contributed by atoms with Crippen molar-refractivity contribution >= 4 is 28.3 Å². The molecule has 2 aromatic carbocycles. The Balaban J connectivity index is 1.99. The zero-order valence-corrected chi connectivity index (χ0v) is 12.9. The van der Waals surface area contributed by atoms with Gasteiger partial charge >= 0.3 is 0 Å². The molecule has 0 aliphatic heterocycles. The lowest BCUT2D eigenvalue weighted by molar-refractivity contribution is 0.0999. The molecule has 1 heterocycles. The fourth-order valence-corrected chi connectivity index (χ4v) is 2.78. The van der Waals surface area contributed by atoms with Crippen molar-refractivity contribution in [1.82, 2.24) is 0 Å². The smallest absolute Gasteiger partial charge is 0.293 e. The van der Waals surface area contributed by atoms with Gasteiger partial charge in [0.15, 0.2) is 0 Å². The average Bonchev–Trinajstić information content (AvgIpc) is 2.80. The highest BCUT2D eigenvalue weighted by Gasteiger charge is 2.19. The maximum atomic E-state index is 12.5. The molecule has 112 valence electrons. The summed E-state index contributed by atoms with van der Waals surface area (Å²) in [6.45, 7) is 5.97. The Morgan fingerprint density at radius 1 is 1.09 bits per heavy atom. The number of para-hydroxylation sites is 1. The van der Waals surface area contributed by atoms with E-state index >= 15 is 0 Å². The fourth-order valence-electron chi connectivity index (χ4n) is 2.78. The molecule has 3 N–H and O–H groups in total. The van der Waals surface area contributed by atoms with E-state index in [9.17, 15) is 4.79 Å². The molecule has 0 fully saturated rings. The van der Waals surface area contributed by atoms with Crippen LogP contribution in [0.5, 0.6) is 0 Å². The van der Waals surface area contributed by atoms with Crippen LogP contribution in [0.3, 0.4) is 0 Å². The molecule has 0 spiro atoms. The number of hydrogen-bond donors (Lipinski definition) is 2. The molecule has 22 heavy (non-hydrogen) atoms. The fraction of sp³-hybridized carbons (Fsp3) is 0.167. The van der Waals surface area contributed by atoms with Crippen molar-refractivity contribution in [2.45, 2.75) is 20.8 Å². The first-order chi connectivity index (χ1) is 10.5. The topological polar surface area (TPSA) is 68.3 Å². The summed E-state index contributed by atoms with van der Waals surface area (Å²) in [4.78, 5) is 12.5. The van der Waals surface area contributed by atoms with Crippen LogP contribution in [0, 0.1) is 20.8 Å². The van der Waals surface area contributed by atoms with Crippen LogP contribution < -0.4 is 11.1 Å². The molecule has 0 saturated heterocycles. The van der Waals surface area contributed by atoms with Gasteiger partial charge in [-0.3, -0.25) is 4.79 Å². The van der Waals surface area contributed by atoms with E-state index in [1.807, 2.05) is 51.1 Å². The molecular formula is C18H18N2O2. The first kappa shape index (κ1) is 14.2. The maximum absolute atomic E-state index is 12.5. The molecule has 4 nitrogen and oxygen atoms in total. The Labute approximate surface area is 128 Å². The van der Waals surface area contributed by atoms with E-state index in [0.29, 0.717) is 11.3 Å². The summed E-state index contributed by atoms with van der Waals surface area (Å²) in [6.07, 6.45) is 0. The molecule has 0 unspecified atom stereocenters. The number of furan rings is 1. The second-order valence-corrected chi connectivity index (χ2v) is 5.57. The van der Waals surface area contributed by atoms with E-state index in [2.05, 4.69) is 5.32 Å². The third-order valence-electron chi connectivity index (χ3n) is 3.76. The monoisotopic (exact) mass is 294 g/mol. The number of carbonyl (C=O) groups excluding carboxylic acids is 1. The van der Waals surface area contributed by atoms with Crippen molar-refractivity contribution in [3.8, 4) is 0 Å². The van der Waals surface area contributed by atoms with Crippen molar-refractivity contribution in [1.29, 1.82) is 0 Å². The molecule has 0 aliphatic rings. The Bertz CT molecular complexity index is 855.